The first-order valence-corrected chi connectivity index (χ1v) is 14.1. The number of aliphatic carboxylic acids is 2. The smallest absolute Gasteiger partial charge is 0.391 e. The van der Waals surface area contributed by atoms with Gasteiger partial charge in [0, 0.05) is 38.7 Å². The van der Waals surface area contributed by atoms with Crippen LogP contribution in [0.5, 0.6) is 0 Å². The second-order valence-corrected chi connectivity index (χ2v) is 10.7. The fourth-order valence-corrected chi connectivity index (χ4v) is 4.66. The standard InChI is InChI=1S/C20H18O8.C13H19FN2O/c1-12-3-7-14(8-4-12)17(23)27-20(19(25)26,11-16(21)22)28-18(24)15-9-5-13(2)6-10-15;1-17-6-5-16-8-12(13(15)9-16)10-3-2-4-11(14)7-10/h3-10H,11H2,1-2H3,(H,21,22)(H,25,26);2-4,7,12-13H,5-6,8-9,15H2,1H3/t;12-,13+/m.0/s1. The molecule has 11 nitrogen and oxygen atoms in total. The topological polar surface area (TPSA) is 166 Å². The minimum atomic E-state index is -3.02. The van der Waals surface area contributed by atoms with Crippen molar-refractivity contribution in [1.82, 2.24) is 4.90 Å². The summed E-state index contributed by atoms with van der Waals surface area (Å²) in [4.78, 5) is 49.9. The fraction of sp³-hybridized carbons (Fsp3) is 0.333. The highest BCUT2D eigenvalue weighted by Crippen LogP contribution is 2.27. The SMILES string of the molecule is COCCN1C[C@@H](N)[C@H](c2cccc(F)c2)C1.Cc1ccc(C(=O)OC(CC(=O)O)(OC(=O)c2ccc(C)cc2)C(=O)O)cc1. The van der Waals surface area contributed by atoms with Crippen LogP contribution < -0.4 is 5.73 Å². The van der Waals surface area contributed by atoms with Gasteiger partial charge in [0.05, 0.1) is 17.7 Å². The summed E-state index contributed by atoms with van der Waals surface area (Å²) in [5.74, 6) is -8.81. The van der Waals surface area contributed by atoms with Gasteiger partial charge in [-0.3, -0.25) is 9.69 Å². The lowest BCUT2D eigenvalue weighted by atomic mass is 9.95. The maximum Gasteiger partial charge on any atom is 0.391 e. The van der Waals surface area contributed by atoms with Crippen LogP contribution in [0, 0.1) is 19.7 Å². The fourth-order valence-electron chi connectivity index (χ4n) is 4.66. The van der Waals surface area contributed by atoms with Crippen molar-refractivity contribution in [2.45, 2.75) is 38.0 Å². The Hall–Kier alpha value is -4.65. The molecule has 4 N–H and O–H groups in total. The quantitative estimate of drug-likeness (QED) is 0.210. The van der Waals surface area contributed by atoms with Gasteiger partial charge in [0.25, 0.3) is 0 Å². The minimum absolute atomic E-state index is 0.0204. The summed E-state index contributed by atoms with van der Waals surface area (Å²) in [6.45, 7) is 6.89. The molecule has 1 aliphatic rings. The van der Waals surface area contributed by atoms with Crippen molar-refractivity contribution in [3.8, 4) is 0 Å². The number of esters is 2. The van der Waals surface area contributed by atoms with Gasteiger partial charge in [0.1, 0.15) is 12.2 Å². The predicted octanol–water partition coefficient (Wildman–Crippen LogP) is 3.77. The highest BCUT2D eigenvalue weighted by Gasteiger charge is 2.50. The summed E-state index contributed by atoms with van der Waals surface area (Å²) in [5, 5.41) is 18.6. The number of nitrogens with zero attached hydrogens (tertiary/aromatic N) is 1. The number of rotatable bonds is 11. The molecule has 45 heavy (non-hydrogen) atoms. The number of carboxylic acids is 2. The number of hydrogen-bond donors (Lipinski definition) is 3. The summed E-state index contributed by atoms with van der Waals surface area (Å²) < 4.78 is 28.0. The number of hydrogen-bond acceptors (Lipinski definition) is 9. The molecule has 2 atom stereocenters. The van der Waals surface area contributed by atoms with Crippen molar-refractivity contribution in [1.29, 1.82) is 0 Å². The first kappa shape index (κ1) is 34.8. The van der Waals surface area contributed by atoms with Crippen LogP contribution in [0.25, 0.3) is 0 Å². The second kappa shape index (κ2) is 15.9. The van der Waals surface area contributed by atoms with Crippen molar-refractivity contribution in [2.24, 2.45) is 5.73 Å². The van der Waals surface area contributed by atoms with Crippen LogP contribution in [0.2, 0.25) is 0 Å². The van der Waals surface area contributed by atoms with E-state index in [2.05, 4.69) is 4.90 Å². The molecular formula is C33H37FN2O9. The van der Waals surface area contributed by atoms with Crippen molar-refractivity contribution in [3.63, 3.8) is 0 Å². The van der Waals surface area contributed by atoms with Crippen LogP contribution in [0.1, 0.15) is 49.7 Å². The number of halogens is 1. The lowest BCUT2D eigenvalue weighted by molar-refractivity contribution is -0.209. The van der Waals surface area contributed by atoms with Crippen molar-refractivity contribution in [3.05, 3.63) is 106 Å². The van der Waals surface area contributed by atoms with Crippen LogP contribution in [0.15, 0.2) is 72.8 Å². The Labute approximate surface area is 260 Å². The number of carboxylic acid groups (broad SMARTS) is 2. The third-order valence-corrected chi connectivity index (χ3v) is 7.13. The number of aryl methyl sites for hydroxylation is 2. The van der Waals surface area contributed by atoms with E-state index in [-0.39, 0.29) is 28.9 Å². The summed E-state index contributed by atoms with van der Waals surface area (Å²) in [6, 6.07) is 18.7. The minimum Gasteiger partial charge on any atom is -0.481 e. The van der Waals surface area contributed by atoms with Gasteiger partial charge in [-0.15, -0.1) is 0 Å². The molecule has 0 unspecified atom stereocenters. The van der Waals surface area contributed by atoms with Gasteiger partial charge in [-0.2, -0.15) is 0 Å². The van der Waals surface area contributed by atoms with E-state index in [9.17, 15) is 28.7 Å². The molecule has 3 aromatic rings. The Bertz CT molecular complexity index is 1420. The van der Waals surface area contributed by atoms with E-state index in [1.165, 1.54) is 30.3 Å². The largest absolute Gasteiger partial charge is 0.481 e. The van der Waals surface area contributed by atoms with Crippen LogP contribution in [-0.2, 0) is 23.8 Å². The first-order chi connectivity index (χ1) is 21.3. The summed E-state index contributed by atoms with van der Waals surface area (Å²) in [5.41, 5.74) is 8.76. The van der Waals surface area contributed by atoms with Crippen LogP contribution in [-0.4, -0.2) is 84.2 Å². The molecule has 1 saturated heterocycles. The van der Waals surface area contributed by atoms with Crippen molar-refractivity contribution < 1.29 is 48.0 Å². The molecule has 240 valence electrons. The van der Waals surface area contributed by atoms with E-state index < -0.39 is 36.1 Å². The van der Waals surface area contributed by atoms with E-state index >= 15 is 0 Å². The molecule has 1 heterocycles. The van der Waals surface area contributed by atoms with Gasteiger partial charge < -0.3 is 30.2 Å². The van der Waals surface area contributed by atoms with Crippen molar-refractivity contribution >= 4 is 23.9 Å². The van der Waals surface area contributed by atoms with Gasteiger partial charge in [0.2, 0.25) is 0 Å². The number of nitrogens with two attached hydrogens (primary N) is 1. The normalized spacial score (nSPS) is 16.3. The average Bonchev–Trinajstić information content (AvgIpc) is 3.36. The average molecular weight is 625 g/mol. The van der Waals surface area contributed by atoms with Gasteiger partial charge in [-0.25, -0.2) is 18.8 Å². The highest BCUT2D eigenvalue weighted by atomic mass is 19.1. The molecule has 1 fully saturated rings. The van der Waals surface area contributed by atoms with Crippen molar-refractivity contribution in [2.75, 3.05) is 33.4 Å². The third kappa shape index (κ3) is 9.93. The maximum absolute atomic E-state index is 13.2. The maximum atomic E-state index is 13.2. The number of likely N-dealkylation sites (tertiary alicyclic amines) is 1. The molecule has 1 aliphatic heterocycles. The molecule has 12 heteroatoms. The van der Waals surface area contributed by atoms with Gasteiger partial charge in [-0.05, 0) is 55.8 Å². The Morgan fingerprint density at radius 3 is 1.87 bits per heavy atom. The zero-order valence-electron chi connectivity index (χ0n) is 25.3. The molecule has 4 rings (SSSR count). The number of carbonyl (C=O) groups excluding carboxylic acids is 2. The molecule has 3 aromatic carbocycles. The van der Waals surface area contributed by atoms with E-state index in [0.717, 1.165) is 36.3 Å². The number of ether oxygens (including phenoxy) is 3. The number of carbonyl (C=O) groups is 4. The predicted molar refractivity (Wildman–Crippen MR) is 161 cm³/mol. The molecule has 0 radical (unpaired) electrons. The summed E-state index contributed by atoms with van der Waals surface area (Å²) in [7, 11) is 1.69. The zero-order valence-corrected chi connectivity index (χ0v) is 25.3. The van der Waals surface area contributed by atoms with E-state index in [1.54, 1.807) is 57.4 Å². The van der Waals surface area contributed by atoms with Crippen LogP contribution in [0.4, 0.5) is 4.39 Å². The monoisotopic (exact) mass is 624 g/mol. The van der Waals surface area contributed by atoms with Gasteiger partial charge in [0.15, 0.2) is 0 Å². The Morgan fingerprint density at radius 2 is 1.42 bits per heavy atom. The van der Waals surface area contributed by atoms with E-state index in [4.69, 9.17) is 25.1 Å². The molecular weight excluding hydrogens is 587 g/mol. The van der Waals surface area contributed by atoms with Crippen LogP contribution >= 0.6 is 0 Å². The molecule has 0 bridgehead atoms. The molecule has 0 amide bonds. The van der Waals surface area contributed by atoms with Crippen LogP contribution in [0.3, 0.4) is 0 Å². The van der Waals surface area contributed by atoms with Gasteiger partial charge >= 0.3 is 29.7 Å². The van der Waals surface area contributed by atoms with E-state index in [1.807, 2.05) is 6.07 Å². The molecule has 0 aliphatic carbocycles. The lowest BCUT2D eigenvalue weighted by Crippen LogP contribution is -2.49. The summed E-state index contributed by atoms with van der Waals surface area (Å²) >= 11 is 0. The Balaban J connectivity index is 0.000000276. The summed E-state index contributed by atoms with van der Waals surface area (Å²) in [6.07, 6.45) is -1.27. The third-order valence-electron chi connectivity index (χ3n) is 7.13. The molecule has 0 spiro atoms. The Morgan fingerprint density at radius 1 is 0.889 bits per heavy atom. The molecule has 0 saturated carbocycles. The number of methoxy groups -OCH3 is 1. The molecule has 0 aromatic heterocycles. The van der Waals surface area contributed by atoms with E-state index in [0.29, 0.717) is 6.61 Å². The lowest BCUT2D eigenvalue weighted by Gasteiger charge is -2.27. The van der Waals surface area contributed by atoms with Gasteiger partial charge in [-0.1, -0.05) is 47.5 Å². The number of benzene rings is 3. The second-order valence-electron chi connectivity index (χ2n) is 10.7. The first-order valence-electron chi connectivity index (χ1n) is 14.1. The Kier molecular flexibility index (Phi) is 12.3. The highest BCUT2D eigenvalue weighted by molar-refractivity contribution is 5.96. The zero-order chi connectivity index (χ0) is 33.1.